The summed E-state index contributed by atoms with van der Waals surface area (Å²) in [6.45, 7) is 4.80. The van der Waals surface area contributed by atoms with Crippen molar-refractivity contribution in [2.24, 2.45) is 0 Å². The van der Waals surface area contributed by atoms with Gasteiger partial charge in [0.1, 0.15) is 17.8 Å². The van der Waals surface area contributed by atoms with E-state index in [0.29, 0.717) is 18.5 Å². The first-order chi connectivity index (χ1) is 11.4. The summed E-state index contributed by atoms with van der Waals surface area (Å²) in [7, 11) is 0. The molecule has 0 aliphatic heterocycles. The Labute approximate surface area is 141 Å². The number of aromatic amines is 1. The molecule has 7 nitrogen and oxygen atoms in total. The maximum Gasteiger partial charge on any atom is 0.322 e. The summed E-state index contributed by atoms with van der Waals surface area (Å²) in [4.78, 5) is 37.9. The van der Waals surface area contributed by atoms with Gasteiger partial charge in [0.15, 0.2) is 0 Å². The van der Waals surface area contributed by atoms with E-state index in [1.807, 2.05) is 6.92 Å². The lowest BCUT2D eigenvalue weighted by molar-refractivity contribution is -0.139. The first kappa shape index (κ1) is 19.5. The lowest BCUT2D eigenvalue weighted by Gasteiger charge is -2.36. The minimum absolute atomic E-state index is 0.354. The third-order valence-corrected chi connectivity index (χ3v) is 3.74. The number of H-pyrrole nitrogens is 1. The topological polar surface area (TPSA) is 111 Å². The molecule has 0 radical (unpaired) electrons. The third kappa shape index (κ3) is 5.57. The maximum atomic E-state index is 12.3. The van der Waals surface area contributed by atoms with E-state index in [1.54, 1.807) is 24.4 Å². The van der Waals surface area contributed by atoms with Gasteiger partial charge in [0.25, 0.3) is 5.91 Å². The highest BCUT2D eigenvalue weighted by molar-refractivity contribution is 5.98. The fourth-order valence-corrected chi connectivity index (χ4v) is 2.65. The smallest absolute Gasteiger partial charge is 0.322 e. The summed E-state index contributed by atoms with van der Waals surface area (Å²) < 4.78 is 0. The van der Waals surface area contributed by atoms with Crippen molar-refractivity contribution in [1.29, 1.82) is 0 Å². The minimum Gasteiger partial charge on any atom is -0.480 e. The second kappa shape index (κ2) is 9.54. The standard InChI is InChI=1S/C14H19N3O4.C3H6/c18-11(19)9-16-13(21)14(6-2-1-3-7-14)17-12(20)10-5-4-8-15-10;1-3-2/h4-5,8,15H,1-3,6-7,9H2,(H,16,21)(H,17,20)(H,18,19);3H,1H2,2H3. The van der Waals surface area contributed by atoms with Crippen LogP contribution in [-0.4, -0.2) is 40.0 Å². The number of carbonyl (C=O) groups excluding carboxylic acids is 2. The van der Waals surface area contributed by atoms with E-state index in [9.17, 15) is 14.4 Å². The molecule has 0 bridgehead atoms. The van der Waals surface area contributed by atoms with Gasteiger partial charge in [-0.3, -0.25) is 14.4 Å². The van der Waals surface area contributed by atoms with Crippen LogP contribution in [0.1, 0.15) is 49.5 Å². The fraction of sp³-hybridized carbons (Fsp3) is 0.471. The second-order valence-electron chi connectivity index (χ2n) is 5.67. The molecule has 0 saturated heterocycles. The van der Waals surface area contributed by atoms with Crippen molar-refractivity contribution >= 4 is 17.8 Å². The van der Waals surface area contributed by atoms with Crippen molar-refractivity contribution in [3.05, 3.63) is 36.7 Å². The van der Waals surface area contributed by atoms with E-state index in [-0.39, 0.29) is 5.91 Å². The van der Waals surface area contributed by atoms with Gasteiger partial charge in [0, 0.05) is 6.20 Å². The Bertz CT molecular complexity index is 560. The van der Waals surface area contributed by atoms with Crippen molar-refractivity contribution < 1.29 is 19.5 Å². The molecule has 0 aromatic carbocycles. The molecule has 2 amide bonds. The molecule has 1 fully saturated rings. The highest BCUT2D eigenvalue weighted by Crippen LogP contribution is 2.28. The van der Waals surface area contributed by atoms with Crippen LogP contribution in [0, 0.1) is 0 Å². The first-order valence-electron chi connectivity index (χ1n) is 7.98. The average molecular weight is 335 g/mol. The summed E-state index contributed by atoms with van der Waals surface area (Å²) in [5.41, 5.74) is -0.637. The number of carboxylic acids is 1. The fourth-order valence-electron chi connectivity index (χ4n) is 2.65. The Balaban J connectivity index is 0.000000891. The van der Waals surface area contributed by atoms with Gasteiger partial charge >= 0.3 is 5.97 Å². The van der Waals surface area contributed by atoms with Gasteiger partial charge in [-0.2, -0.15) is 0 Å². The van der Waals surface area contributed by atoms with Gasteiger partial charge in [-0.25, -0.2) is 0 Å². The van der Waals surface area contributed by atoms with E-state index in [2.05, 4.69) is 22.2 Å². The van der Waals surface area contributed by atoms with Crippen LogP contribution in [0.4, 0.5) is 0 Å². The molecular formula is C17H25N3O4. The Morgan fingerprint density at radius 1 is 1.33 bits per heavy atom. The molecule has 0 atom stereocenters. The van der Waals surface area contributed by atoms with E-state index >= 15 is 0 Å². The maximum absolute atomic E-state index is 12.3. The van der Waals surface area contributed by atoms with Crippen LogP contribution in [0.5, 0.6) is 0 Å². The van der Waals surface area contributed by atoms with Gasteiger partial charge < -0.3 is 20.7 Å². The number of carboxylic acid groups (broad SMARTS) is 1. The number of nitrogens with one attached hydrogen (secondary N) is 3. The molecular weight excluding hydrogens is 310 g/mol. The monoisotopic (exact) mass is 335 g/mol. The summed E-state index contributed by atoms with van der Waals surface area (Å²) in [5.74, 6) is -1.89. The largest absolute Gasteiger partial charge is 0.480 e. The summed E-state index contributed by atoms with van der Waals surface area (Å²) in [6.07, 6.45) is 7.08. The predicted octanol–water partition coefficient (Wildman–Crippen LogP) is 1.84. The van der Waals surface area contributed by atoms with Crippen LogP contribution in [0.25, 0.3) is 0 Å². The normalized spacial score (nSPS) is 15.4. The second-order valence-corrected chi connectivity index (χ2v) is 5.67. The average Bonchev–Trinajstić information content (AvgIpc) is 3.08. The van der Waals surface area contributed by atoms with Crippen molar-refractivity contribution in [2.45, 2.75) is 44.6 Å². The van der Waals surface area contributed by atoms with E-state index in [1.165, 1.54) is 0 Å². The quantitative estimate of drug-likeness (QED) is 0.615. The minimum atomic E-state index is -1.11. The van der Waals surface area contributed by atoms with Crippen molar-refractivity contribution in [3.8, 4) is 0 Å². The number of carbonyl (C=O) groups is 3. The van der Waals surface area contributed by atoms with Gasteiger partial charge in [0.2, 0.25) is 5.91 Å². The molecule has 132 valence electrons. The zero-order chi connectivity index (χ0) is 18.0. The van der Waals surface area contributed by atoms with Gasteiger partial charge in [0.05, 0.1) is 0 Å². The molecule has 1 heterocycles. The Morgan fingerprint density at radius 2 is 1.96 bits per heavy atom. The molecule has 2 rings (SSSR count). The highest BCUT2D eigenvalue weighted by Gasteiger charge is 2.41. The first-order valence-corrected chi connectivity index (χ1v) is 7.98. The molecule has 1 aromatic rings. The molecule has 1 aliphatic carbocycles. The van der Waals surface area contributed by atoms with Crippen LogP contribution in [-0.2, 0) is 9.59 Å². The predicted molar refractivity (Wildman–Crippen MR) is 90.6 cm³/mol. The van der Waals surface area contributed by atoms with Crippen molar-refractivity contribution in [3.63, 3.8) is 0 Å². The number of aliphatic carboxylic acids is 1. The van der Waals surface area contributed by atoms with Crippen molar-refractivity contribution in [1.82, 2.24) is 15.6 Å². The molecule has 7 heteroatoms. The van der Waals surface area contributed by atoms with Crippen LogP contribution in [0.2, 0.25) is 0 Å². The highest BCUT2D eigenvalue weighted by atomic mass is 16.4. The molecule has 0 spiro atoms. The van der Waals surface area contributed by atoms with Gasteiger partial charge in [-0.05, 0) is 31.9 Å². The Morgan fingerprint density at radius 3 is 2.46 bits per heavy atom. The molecule has 1 aromatic heterocycles. The molecule has 0 unspecified atom stereocenters. The molecule has 1 saturated carbocycles. The Kier molecular flexibility index (Phi) is 7.74. The van der Waals surface area contributed by atoms with Gasteiger partial charge in [-0.1, -0.05) is 25.3 Å². The van der Waals surface area contributed by atoms with Crippen LogP contribution in [0.3, 0.4) is 0 Å². The van der Waals surface area contributed by atoms with E-state index < -0.39 is 24.0 Å². The lowest BCUT2D eigenvalue weighted by Crippen LogP contribution is -2.60. The third-order valence-electron chi connectivity index (χ3n) is 3.74. The van der Waals surface area contributed by atoms with Gasteiger partial charge in [-0.15, -0.1) is 6.58 Å². The zero-order valence-corrected chi connectivity index (χ0v) is 13.9. The zero-order valence-electron chi connectivity index (χ0n) is 13.9. The number of allylic oxidation sites excluding steroid dienone is 1. The summed E-state index contributed by atoms with van der Waals surface area (Å²) in [6, 6.07) is 3.33. The van der Waals surface area contributed by atoms with Crippen LogP contribution in [0.15, 0.2) is 31.0 Å². The Hall–Kier alpha value is -2.57. The molecule has 1 aliphatic rings. The number of aromatic nitrogens is 1. The lowest BCUT2D eigenvalue weighted by atomic mass is 9.80. The summed E-state index contributed by atoms with van der Waals surface area (Å²) in [5, 5.41) is 13.8. The van der Waals surface area contributed by atoms with Crippen LogP contribution >= 0.6 is 0 Å². The van der Waals surface area contributed by atoms with E-state index in [0.717, 1.165) is 19.3 Å². The van der Waals surface area contributed by atoms with E-state index in [4.69, 9.17) is 5.11 Å². The SMILES string of the molecule is C=CC.O=C(O)CNC(=O)C1(NC(=O)c2ccc[nH]2)CCCCC1. The number of hydrogen-bond donors (Lipinski definition) is 4. The number of rotatable bonds is 5. The van der Waals surface area contributed by atoms with Crippen LogP contribution < -0.4 is 10.6 Å². The number of hydrogen-bond acceptors (Lipinski definition) is 3. The molecule has 4 N–H and O–H groups in total. The molecule has 24 heavy (non-hydrogen) atoms. The number of amides is 2. The summed E-state index contributed by atoms with van der Waals surface area (Å²) >= 11 is 0. The van der Waals surface area contributed by atoms with Crippen molar-refractivity contribution in [2.75, 3.05) is 6.54 Å².